The van der Waals surface area contributed by atoms with Crippen molar-refractivity contribution in [2.75, 3.05) is 14.0 Å². The molecule has 1 aliphatic rings. The molecule has 2 unspecified atom stereocenters. The van der Waals surface area contributed by atoms with E-state index in [4.69, 9.17) is 5.73 Å². The molecule has 0 aromatic heterocycles. The largest absolute Gasteiger partial charge is 0.379 e. The van der Waals surface area contributed by atoms with Crippen LogP contribution in [-0.4, -0.2) is 24.4 Å². The molecule has 0 saturated heterocycles. The second kappa shape index (κ2) is 10.9. The number of thioether (sulfide) groups is 1. The zero-order chi connectivity index (χ0) is 17.3. The van der Waals surface area contributed by atoms with E-state index in [2.05, 4.69) is 27.8 Å². The van der Waals surface area contributed by atoms with Gasteiger partial charge in [0.25, 0.3) is 0 Å². The number of benzene rings is 1. The zero-order valence-corrected chi connectivity index (χ0v) is 15.5. The van der Waals surface area contributed by atoms with Crippen LogP contribution in [0.4, 0.5) is 13.2 Å². The summed E-state index contributed by atoms with van der Waals surface area (Å²) in [4.78, 5) is 3.93. The Kier molecular flexibility index (Phi) is 10.6. The van der Waals surface area contributed by atoms with Crippen molar-refractivity contribution in [3.8, 4) is 0 Å². The maximum atomic E-state index is 13.7. The van der Waals surface area contributed by atoms with Crippen LogP contribution >= 0.6 is 27.7 Å². The first-order valence-corrected chi connectivity index (χ1v) is 8.59. The minimum atomic E-state index is -1.75. The molecule has 126 valence electrons. The Labute approximate surface area is 142 Å². The van der Waals surface area contributed by atoms with Gasteiger partial charge in [0.05, 0.1) is 0 Å². The molecule has 1 aromatic carbocycles. The molecule has 3 atom stereocenters. The molecule has 0 amide bonds. The Hall–Kier alpha value is -0.690. The molecule has 0 spiro atoms. The van der Waals surface area contributed by atoms with Crippen molar-refractivity contribution < 1.29 is 13.2 Å². The summed E-state index contributed by atoms with van der Waals surface area (Å²) in [6.45, 7) is 4.37. The van der Waals surface area contributed by atoms with Crippen LogP contribution in [0.2, 0.25) is 0 Å². The van der Waals surface area contributed by atoms with Crippen molar-refractivity contribution in [3.05, 3.63) is 34.1 Å². The number of amidine groups is 1. The van der Waals surface area contributed by atoms with E-state index in [0.717, 1.165) is 10.0 Å². The van der Waals surface area contributed by atoms with Gasteiger partial charge in [0.2, 0.25) is 6.93 Å². The lowest BCUT2D eigenvalue weighted by molar-refractivity contribution is 0.295. The fourth-order valence-corrected chi connectivity index (χ4v) is 3.63. The van der Waals surface area contributed by atoms with E-state index in [9.17, 15) is 13.2 Å². The average molecular weight is 399 g/mol. The summed E-state index contributed by atoms with van der Waals surface area (Å²) in [5.74, 6) is 0.530. The molecule has 1 aliphatic carbocycles. The first kappa shape index (κ1) is 21.3. The molecule has 22 heavy (non-hydrogen) atoms. The molecule has 0 bridgehead atoms. The summed E-state index contributed by atoms with van der Waals surface area (Å²) in [6, 6.07) is 5.08. The van der Waals surface area contributed by atoms with Gasteiger partial charge in [0.1, 0.15) is 5.82 Å². The highest BCUT2D eigenvalue weighted by Gasteiger charge is 2.49. The molecule has 1 fully saturated rings. The van der Waals surface area contributed by atoms with Crippen molar-refractivity contribution in [1.82, 2.24) is 0 Å². The lowest BCUT2D eigenvalue weighted by Crippen LogP contribution is -2.07. The molecule has 2 N–H and O–H groups in total. The van der Waals surface area contributed by atoms with Gasteiger partial charge in [-0.25, -0.2) is 13.2 Å². The van der Waals surface area contributed by atoms with E-state index < -0.39 is 6.93 Å². The lowest BCUT2D eigenvalue weighted by Gasteiger charge is -2.03. The van der Waals surface area contributed by atoms with Gasteiger partial charge in [-0.1, -0.05) is 48.5 Å². The first-order valence-electron chi connectivity index (χ1n) is 6.92. The van der Waals surface area contributed by atoms with E-state index in [1.54, 1.807) is 13.1 Å². The molecule has 2 nitrogen and oxygen atoms in total. The summed E-state index contributed by atoms with van der Waals surface area (Å²) in [5, 5.41) is 0.905. The highest BCUT2D eigenvalue weighted by Crippen LogP contribution is 2.55. The van der Waals surface area contributed by atoms with Crippen LogP contribution in [0.1, 0.15) is 32.3 Å². The van der Waals surface area contributed by atoms with Gasteiger partial charge in [0, 0.05) is 22.7 Å². The molecule has 0 radical (unpaired) electrons. The smallest absolute Gasteiger partial charge is 0.229 e. The summed E-state index contributed by atoms with van der Waals surface area (Å²) in [6.07, 6.45) is 0. The Balaban J connectivity index is 0.000000789. The number of nitrogens with two attached hydrogens (primary N) is 1. The van der Waals surface area contributed by atoms with Crippen molar-refractivity contribution in [1.29, 1.82) is 0 Å². The predicted molar refractivity (Wildman–Crippen MR) is 93.4 cm³/mol. The van der Waals surface area contributed by atoms with E-state index in [1.165, 1.54) is 17.8 Å². The first-order chi connectivity index (χ1) is 10.5. The second-order valence-electron chi connectivity index (χ2n) is 4.30. The molecular formula is C15H22BrF3N2S. The molecular weight excluding hydrogens is 377 g/mol. The fourth-order valence-electron chi connectivity index (χ4n) is 2.03. The van der Waals surface area contributed by atoms with Crippen molar-refractivity contribution in [2.45, 2.75) is 31.9 Å². The Bertz CT molecular complexity index is 486. The van der Waals surface area contributed by atoms with Crippen LogP contribution in [0, 0.1) is 11.7 Å². The van der Waals surface area contributed by atoms with Gasteiger partial charge < -0.3 is 5.73 Å². The van der Waals surface area contributed by atoms with Gasteiger partial charge in [-0.05, 0) is 29.7 Å². The van der Waals surface area contributed by atoms with Gasteiger partial charge in [0.15, 0.2) is 5.17 Å². The minimum absolute atomic E-state index is 0.139. The van der Waals surface area contributed by atoms with Crippen LogP contribution in [0.15, 0.2) is 27.7 Å². The van der Waals surface area contributed by atoms with Crippen LogP contribution in [-0.2, 0) is 0 Å². The molecule has 0 aliphatic heterocycles. The zero-order valence-electron chi connectivity index (χ0n) is 13.1. The predicted octanol–water partition coefficient (Wildman–Crippen LogP) is 5.28. The number of aliphatic imine (C=N–C) groups is 1. The van der Waals surface area contributed by atoms with Crippen LogP contribution in [0.25, 0.3) is 0 Å². The maximum Gasteiger partial charge on any atom is 0.229 e. The quantitative estimate of drug-likeness (QED) is 0.543. The second-order valence-corrected chi connectivity index (χ2v) is 6.41. The van der Waals surface area contributed by atoms with E-state index in [1.807, 2.05) is 19.9 Å². The fraction of sp³-hybridized carbons (Fsp3) is 0.533. The van der Waals surface area contributed by atoms with Crippen molar-refractivity contribution >= 4 is 32.9 Å². The molecule has 1 saturated carbocycles. The Morgan fingerprint density at radius 2 is 1.91 bits per heavy atom. The van der Waals surface area contributed by atoms with E-state index in [0.29, 0.717) is 16.3 Å². The van der Waals surface area contributed by atoms with Crippen molar-refractivity contribution in [2.24, 2.45) is 16.6 Å². The summed E-state index contributed by atoms with van der Waals surface area (Å²) < 4.78 is 33.9. The van der Waals surface area contributed by atoms with Crippen LogP contribution in [0.3, 0.4) is 0 Å². The van der Waals surface area contributed by atoms with Crippen LogP contribution < -0.4 is 5.73 Å². The number of rotatable bonds is 2. The molecule has 0 heterocycles. The molecule has 1 aromatic rings. The van der Waals surface area contributed by atoms with Gasteiger partial charge in [-0.15, -0.1) is 0 Å². The van der Waals surface area contributed by atoms with Gasteiger partial charge >= 0.3 is 0 Å². The monoisotopic (exact) mass is 398 g/mol. The number of hydrogen-bond acceptors (Lipinski definition) is 2. The SMILES string of the molecule is CC.CN=C(N)SC1C(c2cc(Br)ccc2F)[C@@H]1C.FCF. The van der Waals surface area contributed by atoms with Gasteiger partial charge in [-0.2, -0.15) is 0 Å². The minimum Gasteiger partial charge on any atom is -0.379 e. The van der Waals surface area contributed by atoms with Crippen molar-refractivity contribution in [3.63, 3.8) is 0 Å². The summed E-state index contributed by atoms with van der Waals surface area (Å²) in [5.41, 5.74) is 6.47. The molecule has 7 heteroatoms. The Morgan fingerprint density at radius 1 is 1.36 bits per heavy atom. The number of halogens is 4. The third kappa shape index (κ3) is 6.20. The molecule has 2 rings (SSSR count). The summed E-state index contributed by atoms with van der Waals surface area (Å²) >= 11 is 4.91. The maximum absolute atomic E-state index is 13.7. The highest BCUT2D eigenvalue weighted by atomic mass is 79.9. The van der Waals surface area contributed by atoms with E-state index in [-0.39, 0.29) is 11.7 Å². The van der Waals surface area contributed by atoms with Gasteiger partial charge in [-0.3, -0.25) is 4.99 Å². The summed E-state index contributed by atoms with van der Waals surface area (Å²) in [7, 11) is 1.67. The normalized spacial score (nSPS) is 22.9. The standard InChI is InChI=1S/C12H14BrFN2S.C2H6.CH2F2/c1-6-10(11(6)17-12(15)16-2)8-5-7(13)3-4-9(8)14;1-2;2-1-3/h3-6,10-11H,1-2H3,(H2,15,16);1-2H3;1H2/t6-,10?,11?;;/m0../s1. The third-order valence-corrected chi connectivity index (χ3v) is 5.00. The highest BCUT2D eigenvalue weighted by molar-refractivity contribution is 9.10. The topological polar surface area (TPSA) is 38.4 Å². The number of hydrogen-bond donors (Lipinski definition) is 1. The number of alkyl halides is 2. The Morgan fingerprint density at radius 3 is 2.41 bits per heavy atom. The third-order valence-electron chi connectivity index (χ3n) is 3.09. The van der Waals surface area contributed by atoms with Crippen LogP contribution in [0.5, 0.6) is 0 Å². The average Bonchev–Trinajstić information content (AvgIpc) is 3.13. The van der Waals surface area contributed by atoms with E-state index >= 15 is 0 Å². The number of nitrogens with zero attached hydrogens (tertiary/aromatic N) is 1. The lowest BCUT2D eigenvalue weighted by atomic mass is 10.1.